The van der Waals surface area contributed by atoms with Gasteiger partial charge in [0.2, 0.25) is 0 Å². The molecule has 0 bridgehead atoms. The first-order valence-electron chi connectivity index (χ1n) is 15.1. The second-order valence-corrected chi connectivity index (χ2v) is 11.3. The second-order valence-electron chi connectivity index (χ2n) is 11.3. The van der Waals surface area contributed by atoms with Crippen molar-refractivity contribution in [2.45, 2.75) is 0 Å². The predicted molar refractivity (Wildman–Crippen MR) is 185 cm³/mol. The Kier molecular flexibility index (Phi) is 5.78. The van der Waals surface area contributed by atoms with Crippen LogP contribution < -0.4 is 0 Å². The molecule has 9 aromatic rings. The zero-order chi connectivity index (χ0) is 29.7. The summed E-state index contributed by atoms with van der Waals surface area (Å²) in [5.41, 5.74) is 10.2. The van der Waals surface area contributed by atoms with Crippen LogP contribution in [-0.2, 0) is 0 Å². The van der Waals surface area contributed by atoms with E-state index in [2.05, 4.69) is 131 Å². The number of para-hydroxylation sites is 1. The number of rotatable bonds is 4. The van der Waals surface area contributed by atoms with Crippen molar-refractivity contribution in [1.82, 2.24) is 19.5 Å². The van der Waals surface area contributed by atoms with E-state index in [1.54, 1.807) is 0 Å². The molecule has 45 heavy (non-hydrogen) atoms. The first-order valence-corrected chi connectivity index (χ1v) is 15.1. The third-order valence-corrected chi connectivity index (χ3v) is 8.66. The van der Waals surface area contributed by atoms with Gasteiger partial charge in [-0.25, -0.2) is 4.98 Å². The summed E-state index contributed by atoms with van der Waals surface area (Å²) in [5, 5.41) is 5.98. The molecule has 0 N–H and O–H groups in total. The number of nitrogens with zero attached hydrogens (tertiary/aromatic N) is 4. The van der Waals surface area contributed by atoms with E-state index in [9.17, 15) is 0 Å². The van der Waals surface area contributed by atoms with Gasteiger partial charge in [0, 0.05) is 29.0 Å². The molecule has 0 aliphatic rings. The molecule has 0 aliphatic carbocycles. The molecule has 0 unspecified atom stereocenters. The maximum absolute atomic E-state index is 5.23. The molecule has 0 spiro atoms. The van der Waals surface area contributed by atoms with Gasteiger partial charge in [0.05, 0.1) is 33.6 Å². The Morgan fingerprint density at radius 1 is 0.422 bits per heavy atom. The lowest BCUT2D eigenvalue weighted by atomic mass is 9.94. The van der Waals surface area contributed by atoms with Crippen molar-refractivity contribution in [3.8, 4) is 39.5 Å². The fraction of sp³-hybridized carbons (Fsp3) is 0. The molecule has 0 fully saturated rings. The minimum atomic E-state index is 0.840. The normalized spacial score (nSPS) is 11.6. The number of pyridine rings is 3. The van der Waals surface area contributed by atoms with Crippen LogP contribution in [0.1, 0.15) is 0 Å². The Labute approximate surface area is 259 Å². The smallest absolute Gasteiger partial charge is 0.0963 e. The number of benzene rings is 5. The van der Waals surface area contributed by atoms with E-state index in [0.717, 1.165) is 61.4 Å². The monoisotopic (exact) mass is 574 g/mol. The molecule has 4 aromatic heterocycles. The van der Waals surface area contributed by atoms with Crippen molar-refractivity contribution in [1.29, 1.82) is 0 Å². The summed E-state index contributed by atoms with van der Waals surface area (Å²) in [4.78, 5) is 14.7. The van der Waals surface area contributed by atoms with E-state index >= 15 is 0 Å². The van der Waals surface area contributed by atoms with Crippen molar-refractivity contribution in [3.05, 3.63) is 158 Å². The molecular formula is C41H26N4. The average Bonchev–Trinajstić information content (AvgIpc) is 3.46. The van der Waals surface area contributed by atoms with Crippen LogP contribution in [0.2, 0.25) is 0 Å². The van der Waals surface area contributed by atoms with Gasteiger partial charge in [-0.05, 0) is 93.3 Å². The predicted octanol–water partition coefficient (Wildman–Crippen LogP) is 10.3. The number of hydrogen-bond acceptors (Lipinski definition) is 3. The van der Waals surface area contributed by atoms with E-state index in [4.69, 9.17) is 9.97 Å². The summed E-state index contributed by atoms with van der Waals surface area (Å²) in [5.74, 6) is 0. The Hall–Kier alpha value is -6.13. The lowest BCUT2D eigenvalue weighted by Gasteiger charge is -2.14. The Bertz CT molecular complexity index is 2490. The highest BCUT2D eigenvalue weighted by Crippen LogP contribution is 2.38. The summed E-state index contributed by atoms with van der Waals surface area (Å²) >= 11 is 0. The van der Waals surface area contributed by atoms with Gasteiger partial charge in [-0.15, -0.1) is 0 Å². The standard InChI is InChI=1S/C41H26N4/c1-2-14-31-28(11-1)24-35(33-16-4-3-15-32(31)33)37-25-29(26-38(44-37)36-18-7-8-21-42-36)27-12-9-13-30(23-27)45-39-19-6-5-17-34(39)41-40(45)20-10-22-43-41/h1-26H. The maximum Gasteiger partial charge on any atom is 0.0963 e. The number of fused-ring (bicyclic) bond motifs is 6. The molecule has 9 rings (SSSR count). The van der Waals surface area contributed by atoms with Crippen molar-refractivity contribution in [2.75, 3.05) is 0 Å². The minimum absolute atomic E-state index is 0.840. The molecule has 4 nitrogen and oxygen atoms in total. The van der Waals surface area contributed by atoms with Crippen LogP contribution in [0, 0.1) is 0 Å². The highest BCUT2D eigenvalue weighted by molar-refractivity contribution is 6.13. The highest BCUT2D eigenvalue weighted by Gasteiger charge is 2.16. The van der Waals surface area contributed by atoms with Crippen LogP contribution in [0.4, 0.5) is 0 Å². The second kappa shape index (κ2) is 10.2. The Balaban J connectivity index is 1.29. The lowest BCUT2D eigenvalue weighted by molar-refractivity contribution is 1.17. The van der Waals surface area contributed by atoms with Crippen LogP contribution in [-0.4, -0.2) is 19.5 Å². The van der Waals surface area contributed by atoms with Crippen LogP contribution >= 0.6 is 0 Å². The quantitative estimate of drug-likeness (QED) is 0.196. The molecule has 0 atom stereocenters. The number of hydrogen-bond donors (Lipinski definition) is 0. The molecule has 210 valence electrons. The first-order chi connectivity index (χ1) is 22.3. The molecule has 0 saturated carbocycles. The van der Waals surface area contributed by atoms with E-state index in [0.29, 0.717) is 0 Å². The van der Waals surface area contributed by atoms with E-state index in [1.165, 1.54) is 21.5 Å². The van der Waals surface area contributed by atoms with Gasteiger partial charge in [-0.2, -0.15) is 0 Å². The van der Waals surface area contributed by atoms with Gasteiger partial charge in [-0.3, -0.25) is 9.97 Å². The third kappa shape index (κ3) is 4.19. The fourth-order valence-corrected chi connectivity index (χ4v) is 6.63. The molecule has 0 saturated heterocycles. The zero-order valence-electron chi connectivity index (χ0n) is 24.3. The van der Waals surface area contributed by atoms with Crippen LogP contribution in [0.15, 0.2) is 158 Å². The zero-order valence-corrected chi connectivity index (χ0v) is 24.3. The fourth-order valence-electron chi connectivity index (χ4n) is 6.63. The maximum atomic E-state index is 5.23. The number of aromatic nitrogens is 4. The van der Waals surface area contributed by atoms with Crippen LogP contribution in [0.5, 0.6) is 0 Å². The molecule has 4 heterocycles. The largest absolute Gasteiger partial charge is 0.308 e. The molecule has 4 heteroatoms. The van der Waals surface area contributed by atoms with E-state index in [-0.39, 0.29) is 0 Å². The van der Waals surface area contributed by atoms with Gasteiger partial charge in [-0.1, -0.05) is 84.9 Å². The Morgan fingerprint density at radius 3 is 2.04 bits per heavy atom. The first kappa shape index (κ1) is 25.4. The van der Waals surface area contributed by atoms with Crippen molar-refractivity contribution in [2.24, 2.45) is 0 Å². The van der Waals surface area contributed by atoms with Crippen LogP contribution in [0.3, 0.4) is 0 Å². The van der Waals surface area contributed by atoms with Gasteiger partial charge >= 0.3 is 0 Å². The topological polar surface area (TPSA) is 43.6 Å². The van der Waals surface area contributed by atoms with E-state index < -0.39 is 0 Å². The van der Waals surface area contributed by atoms with Gasteiger partial charge in [0.15, 0.2) is 0 Å². The SMILES string of the molecule is c1ccc(-c2cc(-c3cccc(-n4c5ccccc5c5ncccc54)c3)cc(-c3cc4ccccc4c4ccccc34)n2)nc1. The molecule has 0 radical (unpaired) electrons. The van der Waals surface area contributed by atoms with Crippen molar-refractivity contribution < 1.29 is 0 Å². The molecule has 0 amide bonds. The van der Waals surface area contributed by atoms with Gasteiger partial charge < -0.3 is 4.57 Å². The summed E-state index contributed by atoms with van der Waals surface area (Å²) in [6.45, 7) is 0. The average molecular weight is 575 g/mol. The Morgan fingerprint density at radius 2 is 1.16 bits per heavy atom. The summed E-state index contributed by atoms with van der Waals surface area (Å²) in [7, 11) is 0. The molecule has 0 aliphatic heterocycles. The van der Waals surface area contributed by atoms with Crippen molar-refractivity contribution in [3.63, 3.8) is 0 Å². The minimum Gasteiger partial charge on any atom is -0.308 e. The summed E-state index contributed by atoms with van der Waals surface area (Å²) in [6.07, 6.45) is 3.69. The third-order valence-electron chi connectivity index (χ3n) is 8.66. The lowest BCUT2D eigenvalue weighted by Crippen LogP contribution is -1.96. The van der Waals surface area contributed by atoms with Gasteiger partial charge in [0.1, 0.15) is 0 Å². The van der Waals surface area contributed by atoms with E-state index in [1.807, 2.05) is 36.7 Å². The van der Waals surface area contributed by atoms with Crippen molar-refractivity contribution >= 4 is 43.5 Å². The molecular weight excluding hydrogens is 548 g/mol. The van der Waals surface area contributed by atoms with Gasteiger partial charge in [0.25, 0.3) is 0 Å². The summed E-state index contributed by atoms with van der Waals surface area (Å²) < 4.78 is 2.31. The highest BCUT2D eigenvalue weighted by atomic mass is 15.0. The van der Waals surface area contributed by atoms with Crippen LogP contribution in [0.25, 0.3) is 82.9 Å². The summed E-state index contributed by atoms with van der Waals surface area (Å²) in [6, 6.07) is 51.2. The molecule has 5 aromatic carbocycles.